The first-order valence-corrected chi connectivity index (χ1v) is 8.72. The Balaban J connectivity index is 1.87. The lowest BCUT2D eigenvalue weighted by Gasteiger charge is -2.36. The maximum absolute atomic E-state index is 13.3. The van der Waals surface area contributed by atoms with Crippen LogP contribution in [0.15, 0.2) is 24.3 Å². The highest BCUT2D eigenvalue weighted by atomic mass is 19.4. The number of hydrogen-bond donors (Lipinski definition) is 1. The fraction of sp³-hybridized carbons (Fsp3) is 0.556. The van der Waals surface area contributed by atoms with E-state index in [-0.39, 0.29) is 30.6 Å². The molecule has 5 nitrogen and oxygen atoms in total. The normalized spacial score (nSPS) is 20.7. The lowest BCUT2D eigenvalue weighted by atomic mass is 9.84. The number of likely N-dealkylation sites (tertiary alicyclic amines) is 1. The van der Waals surface area contributed by atoms with Gasteiger partial charge < -0.3 is 14.9 Å². The predicted molar refractivity (Wildman–Crippen MR) is 87.8 cm³/mol. The first-order chi connectivity index (χ1) is 12.3. The third kappa shape index (κ3) is 3.78. The van der Waals surface area contributed by atoms with Crippen LogP contribution in [0.4, 0.5) is 18.0 Å². The molecule has 0 unspecified atom stereocenters. The van der Waals surface area contributed by atoms with Gasteiger partial charge in [0.1, 0.15) is 0 Å². The van der Waals surface area contributed by atoms with Crippen molar-refractivity contribution < 1.29 is 27.9 Å². The zero-order chi connectivity index (χ0) is 18.9. The highest BCUT2D eigenvalue weighted by Crippen LogP contribution is 2.34. The van der Waals surface area contributed by atoms with Gasteiger partial charge in [0.05, 0.1) is 17.2 Å². The quantitative estimate of drug-likeness (QED) is 0.879. The van der Waals surface area contributed by atoms with E-state index >= 15 is 0 Å². The van der Waals surface area contributed by atoms with Gasteiger partial charge >= 0.3 is 12.3 Å². The third-order valence-electron chi connectivity index (χ3n) is 5.28. The summed E-state index contributed by atoms with van der Waals surface area (Å²) in [7, 11) is 0. The summed E-state index contributed by atoms with van der Waals surface area (Å²) < 4.78 is 39.9. The number of amides is 2. The second kappa shape index (κ2) is 7.17. The zero-order valence-electron chi connectivity index (χ0n) is 14.2. The van der Waals surface area contributed by atoms with Crippen LogP contribution in [0.2, 0.25) is 0 Å². The van der Waals surface area contributed by atoms with Crippen molar-refractivity contribution in [1.82, 2.24) is 9.80 Å². The Morgan fingerprint density at radius 3 is 2.42 bits per heavy atom. The van der Waals surface area contributed by atoms with Crippen molar-refractivity contribution >= 4 is 12.0 Å². The third-order valence-corrected chi connectivity index (χ3v) is 5.28. The SMILES string of the molecule is O=C(O)N1CC[C@H](N(CC2CCC2)C(=O)c2ccccc2C(F)(F)F)C1. The fourth-order valence-corrected chi connectivity index (χ4v) is 3.59. The van der Waals surface area contributed by atoms with Crippen molar-refractivity contribution in [1.29, 1.82) is 0 Å². The number of carbonyl (C=O) groups excluding carboxylic acids is 1. The predicted octanol–water partition coefficient (Wildman–Crippen LogP) is 3.70. The minimum absolute atomic E-state index is 0.141. The minimum Gasteiger partial charge on any atom is -0.465 e. The van der Waals surface area contributed by atoms with Crippen LogP contribution in [-0.2, 0) is 6.18 Å². The molecule has 2 aliphatic rings. The molecule has 1 aromatic rings. The summed E-state index contributed by atoms with van der Waals surface area (Å²) in [6.45, 7) is 0.806. The van der Waals surface area contributed by atoms with E-state index in [1.165, 1.54) is 28.0 Å². The number of benzene rings is 1. The van der Waals surface area contributed by atoms with Gasteiger partial charge in [-0.3, -0.25) is 4.79 Å². The summed E-state index contributed by atoms with van der Waals surface area (Å²) in [5.74, 6) is -0.391. The van der Waals surface area contributed by atoms with Gasteiger partial charge in [-0.2, -0.15) is 13.2 Å². The number of rotatable bonds is 4. The Morgan fingerprint density at radius 2 is 1.88 bits per heavy atom. The molecule has 2 fully saturated rings. The van der Waals surface area contributed by atoms with Crippen LogP contribution >= 0.6 is 0 Å². The van der Waals surface area contributed by atoms with Crippen LogP contribution in [-0.4, -0.2) is 52.6 Å². The van der Waals surface area contributed by atoms with Crippen LogP contribution in [0, 0.1) is 5.92 Å². The molecular weight excluding hydrogens is 349 g/mol. The van der Waals surface area contributed by atoms with E-state index in [2.05, 4.69) is 0 Å². The average molecular weight is 370 g/mol. The smallest absolute Gasteiger partial charge is 0.417 e. The summed E-state index contributed by atoms with van der Waals surface area (Å²) in [5.41, 5.74) is -1.32. The van der Waals surface area contributed by atoms with Gasteiger partial charge in [-0.1, -0.05) is 18.6 Å². The van der Waals surface area contributed by atoms with Crippen LogP contribution in [0.1, 0.15) is 41.6 Å². The number of alkyl halides is 3. The van der Waals surface area contributed by atoms with Gasteiger partial charge in [-0.25, -0.2) is 4.79 Å². The largest absolute Gasteiger partial charge is 0.465 e. The molecule has 8 heteroatoms. The van der Waals surface area contributed by atoms with Gasteiger partial charge in [0, 0.05) is 19.6 Å². The van der Waals surface area contributed by atoms with E-state index in [0.717, 1.165) is 25.3 Å². The molecule has 3 rings (SSSR count). The molecule has 1 saturated carbocycles. The standard InChI is InChI=1S/C18H21F3N2O3/c19-18(20,21)15-7-2-1-6-14(15)16(24)23(10-12-4-3-5-12)13-8-9-22(11-13)17(25)26/h1-2,6-7,12-13H,3-5,8-11H2,(H,25,26)/t13-/m0/s1. The van der Waals surface area contributed by atoms with Crippen molar-refractivity contribution in [2.45, 2.75) is 37.9 Å². The van der Waals surface area contributed by atoms with Gasteiger partial charge in [0.25, 0.3) is 5.91 Å². The van der Waals surface area contributed by atoms with Crippen LogP contribution in [0.3, 0.4) is 0 Å². The Labute approximate surface area is 149 Å². The fourth-order valence-electron chi connectivity index (χ4n) is 3.59. The van der Waals surface area contributed by atoms with Gasteiger partial charge in [-0.05, 0) is 37.3 Å². The maximum atomic E-state index is 13.3. The van der Waals surface area contributed by atoms with E-state index in [9.17, 15) is 22.8 Å². The summed E-state index contributed by atoms with van der Waals surface area (Å²) in [6, 6.07) is 4.40. The van der Waals surface area contributed by atoms with E-state index < -0.39 is 23.7 Å². The van der Waals surface area contributed by atoms with E-state index in [4.69, 9.17) is 5.11 Å². The Hall–Kier alpha value is -2.25. The molecule has 0 bridgehead atoms. The number of nitrogens with zero attached hydrogens (tertiary/aromatic N) is 2. The molecular formula is C18H21F3N2O3. The zero-order valence-corrected chi connectivity index (χ0v) is 14.2. The first-order valence-electron chi connectivity index (χ1n) is 8.72. The Bertz CT molecular complexity index is 689. The average Bonchev–Trinajstić information content (AvgIpc) is 3.02. The van der Waals surface area contributed by atoms with Gasteiger partial charge in [-0.15, -0.1) is 0 Å². The van der Waals surface area contributed by atoms with Crippen molar-refractivity contribution in [2.75, 3.05) is 19.6 Å². The first kappa shape index (κ1) is 18.5. The molecule has 2 amide bonds. The number of halogens is 3. The molecule has 1 aliphatic carbocycles. The van der Waals surface area contributed by atoms with Crippen molar-refractivity contribution in [3.63, 3.8) is 0 Å². The number of carbonyl (C=O) groups is 2. The molecule has 0 aromatic heterocycles. The molecule has 1 atom stereocenters. The highest BCUT2D eigenvalue weighted by Gasteiger charge is 2.39. The lowest BCUT2D eigenvalue weighted by Crippen LogP contribution is -2.46. The molecule has 1 heterocycles. The molecule has 1 aromatic carbocycles. The monoisotopic (exact) mass is 370 g/mol. The molecule has 0 spiro atoms. The maximum Gasteiger partial charge on any atom is 0.417 e. The van der Waals surface area contributed by atoms with Crippen LogP contribution in [0.25, 0.3) is 0 Å². The van der Waals surface area contributed by atoms with Crippen molar-refractivity contribution in [2.24, 2.45) is 5.92 Å². The number of carboxylic acid groups (broad SMARTS) is 1. The Kier molecular flexibility index (Phi) is 5.11. The van der Waals surface area contributed by atoms with Gasteiger partial charge in [0.2, 0.25) is 0 Å². The molecule has 26 heavy (non-hydrogen) atoms. The summed E-state index contributed by atoms with van der Waals surface area (Å²) in [6.07, 6.45) is -2.30. The molecule has 0 radical (unpaired) electrons. The van der Waals surface area contributed by atoms with Gasteiger partial charge in [0.15, 0.2) is 0 Å². The molecule has 1 N–H and O–H groups in total. The molecule has 142 valence electrons. The minimum atomic E-state index is -4.61. The van der Waals surface area contributed by atoms with Crippen molar-refractivity contribution in [3.05, 3.63) is 35.4 Å². The number of hydrogen-bond acceptors (Lipinski definition) is 2. The van der Waals surface area contributed by atoms with E-state index in [1.54, 1.807) is 0 Å². The summed E-state index contributed by atoms with van der Waals surface area (Å²) in [5, 5.41) is 9.13. The van der Waals surface area contributed by atoms with E-state index in [1.807, 2.05) is 0 Å². The summed E-state index contributed by atoms with van der Waals surface area (Å²) >= 11 is 0. The second-order valence-corrected chi connectivity index (χ2v) is 6.97. The van der Waals surface area contributed by atoms with E-state index in [0.29, 0.717) is 13.0 Å². The van der Waals surface area contributed by atoms with Crippen molar-refractivity contribution in [3.8, 4) is 0 Å². The lowest BCUT2D eigenvalue weighted by molar-refractivity contribution is -0.138. The van der Waals surface area contributed by atoms with Crippen LogP contribution in [0.5, 0.6) is 0 Å². The Morgan fingerprint density at radius 1 is 1.19 bits per heavy atom. The highest BCUT2D eigenvalue weighted by molar-refractivity contribution is 5.96. The summed E-state index contributed by atoms with van der Waals surface area (Å²) in [4.78, 5) is 26.8. The molecule has 1 saturated heterocycles. The second-order valence-electron chi connectivity index (χ2n) is 6.97. The topological polar surface area (TPSA) is 60.9 Å². The molecule has 1 aliphatic heterocycles. The van der Waals surface area contributed by atoms with Crippen LogP contribution < -0.4 is 0 Å².